The molecule has 0 aliphatic carbocycles. The van der Waals surface area contributed by atoms with Gasteiger partial charge in [0.2, 0.25) is 0 Å². The summed E-state index contributed by atoms with van der Waals surface area (Å²) in [4.78, 5) is 0.784. The molecule has 0 saturated heterocycles. The maximum atomic E-state index is 12.9. The van der Waals surface area contributed by atoms with E-state index >= 15 is 0 Å². The van der Waals surface area contributed by atoms with Gasteiger partial charge in [0.25, 0.3) is 0 Å². The van der Waals surface area contributed by atoms with Crippen LogP contribution in [0.25, 0.3) is 12.2 Å². The van der Waals surface area contributed by atoms with Crippen LogP contribution in [0.2, 0.25) is 0 Å². The summed E-state index contributed by atoms with van der Waals surface area (Å²) in [6.07, 6.45) is 3.99. The van der Waals surface area contributed by atoms with Gasteiger partial charge in [0, 0.05) is 4.75 Å². The van der Waals surface area contributed by atoms with Gasteiger partial charge in [0.1, 0.15) is 11.5 Å². The van der Waals surface area contributed by atoms with Crippen molar-refractivity contribution in [1.82, 2.24) is 0 Å². The molecule has 0 bridgehead atoms. The molecule has 2 rings (SSSR count). The van der Waals surface area contributed by atoms with Gasteiger partial charge in [-0.25, -0.2) is 0 Å². The Bertz CT molecular complexity index is 740. The number of rotatable bonds is 5. The van der Waals surface area contributed by atoms with Crippen LogP contribution in [0.1, 0.15) is 31.9 Å². The minimum absolute atomic E-state index is 0.338. The zero-order valence-corrected chi connectivity index (χ0v) is 15.6. The highest BCUT2D eigenvalue weighted by Crippen LogP contribution is 2.28. The fraction of sp³-hybridized carbons (Fsp3) is 0.300. The summed E-state index contributed by atoms with van der Waals surface area (Å²) in [6, 6.07) is 13.5. The first-order valence-electron chi connectivity index (χ1n) is 7.77. The topological polar surface area (TPSA) is 35.5 Å². The molecule has 2 aromatic rings. The van der Waals surface area contributed by atoms with Crippen LogP contribution in [0.5, 0.6) is 11.5 Å². The second kappa shape index (κ2) is 7.67. The lowest BCUT2D eigenvalue weighted by molar-refractivity contribution is 0.413. The first-order chi connectivity index (χ1) is 11.3. The Balaban J connectivity index is 2.38. The van der Waals surface area contributed by atoms with Crippen molar-refractivity contribution in [2.24, 2.45) is 0 Å². The normalized spacial score (nSPS) is 13.0. The third-order valence-corrected chi connectivity index (χ3v) is 5.41. The molecule has 3 nitrogen and oxygen atoms in total. The predicted molar refractivity (Wildman–Crippen MR) is 101 cm³/mol. The second-order valence-electron chi connectivity index (χ2n) is 6.39. The molecular weight excluding hydrogens is 320 g/mol. The number of methoxy groups -OCH3 is 2. The van der Waals surface area contributed by atoms with E-state index in [-0.39, 0.29) is 4.75 Å². The molecule has 1 atom stereocenters. The zero-order valence-electron chi connectivity index (χ0n) is 14.8. The summed E-state index contributed by atoms with van der Waals surface area (Å²) in [5.41, 5.74) is 1.99. The molecule has 0 heterocycles. The smallest absolute Gasteiger partial charge is 0.120 e. The van der Waals surface area contributed by atoms with Crippen LogP contribution < -0.4 is 9.47 Å². The number of benzene rings is 2. The van der Waals surface area contributed by atoms with Crippen LogP contribution in [-0.2, 0) is 10.8 Å². The minimum Gasteiger partial charge on any atom is -0.497 e. The quantitative estimate of drug-likeness (QED) is 0.732. The molecule has 0 spiro atoms. The number of hydrogen-bond acceptors (Lipinski definition) is 3. The summed E-state index contributed by atoms with van der Waals surface area (Å²) in [5.74, 6) is 1.54. The summed E-state index contributed by atoms with van der Waals surface area (Å²) in [6.45, 7) is 5.92. The Morgan fingerprint density at radius 1 is 0.875 bits per heavy atom. The SMILES string of the molecule is COc1ccc(/C=C/c2ccc(OC)cc2S(=O)C(C)(C)C)cc1. The first kappa shape index (κ1) is 18.3. The molecule has 2 aromatic carbocycles. The van der Waals surface area contributed by atoms with Crippen LogP contribution in [0, 0.1) is 0 Å². The van der Waals surface area contributed by atoms with Gasteiger partial charge in [-0.05, 0) is 56.2 Å². The van der Waals surface area contributed by atoms with E-state index in [1.807, 2.05) is 75.4 Å². The van der Waals surface area contributed by atoms with Gasteiger partial charge < -0.3 is 9.47 Å². The van der Waals surface area contributed by atoms with Gasteiger partial charge in [-0.3, -0.25) is 4.21 Å². The standard InChI is InChI=1S/C20H24O3S/c1-20(2,3)24(21)19-14-18(23-5)13-10-16(19)9-6-15-7-11-17(22-4)12-8-15/h6-14H,1-5H3/b9-6+. The average molecular weight is 344 g/mol. The monoisotopic (exact) mass is 344 g/mol. The van der Waals surface area contributed by atoms with E-state index in [9.17, 15) is 4.21 Å². The van der Waals surface area contributed by atoms with Crippen molar-refractivity contribution < 1.29 is 13.7 Å². The maximum absolute atomic E-state index is 12.9. The third kappa shape index (κ3) is 4.48. The lowest BCUT2D eigenvalue weighted by Crippen LogP contribution is -2.22. The van der Waals surface area contributed by atoms with E-state index in [0.717, 1.165) is 21.8 Å². The van der Waals surface area contributed by atoms with Crippen LogP contribution in [-0.4, -0.2) is 23.2 Å². The van der Waals surface area contributed by atoms with Crippen molar-refractivity contribution in [2.75, 3.05) is 14.2 Å². The molecule has 24 heavy (non-hydrogen) atoms. The molecule has 0 aromatic heterocycles. The number of ether oxygens (including phenoxy) is 2. The summed E-state index contributed by atoms with van der Waals surface area (Å²) in [7, 11) is 2.13. The lowest BCUT2D eigenvalue weighted by atomic mass is 10.1. The maximum Gasteiger partial charge on any atom is 0.120 e. The van der Waals surface area contributed by atoms with Crippen molar-refractivity contribution in [2.45, 2.75) is 30.4 Å². The van der Waals surface area contributed by atoms with Gasteiger partial charge in [-0.1, -0.05) is 30.4 Å². The van der Waals surface area contributed by atoms with Crippen molar-refractivity contribution in [3.63, 3.8) is 0 Å². The molecule has 4 heteroatoms. The van der Waals surface area contributed by atoms with Crippen LogP contribution in [0.15, 0.2) is 47.4 Å². The van der Waals surface area contributed by atoms with E-state index < -0.39 is 10.8 Å². The summed E-state index contributed by atoms with van der Waals surface area (Å²) in [5, 5.41) is 0. The van der Waals surface area contributed by atoms with Gasteiger partial charge in [-0.2, -0.15) is 0 Å². The second-order valence-corrected chi connectivity index (χ2v) is 8.59. The fourth-order valence-corrected chi connectivity index (χ4v) is 3.40. The van der Waals surface area contributed by atoms with Crippen molar-refractivity contribution in [1.29, 1.82) is 0 Å². The highest BCUT2D eigenvalue weighted by molar-refractivity contribution is 7.86. The molecule has 0 saturated carbocycles. The van der Waals surface area contributed by atoms with Gasteiger partial charge >= 0.3 is 0 Å². The molecule has 0 aliphatic rings. The Hall–Kier alpha value is -2.07. The highest BCUT2D eigenvalue weighted by atomic mass is 32.2. The Morgan fingerprint density at radius 3 is 2.00 bits per heavy atom. The van der Waals surface area contributed by atoms with Gasteiger partial charge in [-0.15, -0.1) is 0 Å². The zero-order chi connectivity index (χ0) is 17.7. The van der Waals surface area contributed by atoms with Crippen molar-refractivity contribution in [3.8, 4) is 11.5 Å². The fourth-order valence-electron chi connectivity index (χ4n) is 2.17. The van der Waals surface area contributed by atoms with Crippen molar-refractivity contribution >= 4 is 23.0 Å². The molecule has 1 unspecified atom stereocenters. The van der Waals surface area contributed by atoms with Gasteiger partial charge in [0.05, 0.1) is 29.9 Å². The van der Waals surface area contributed by atoms with Crippen molar-refractivity contribution in [3.05, 3.63) is 53.6 Å². The summed E-state index contributed by atoms with van der Waals surface area (Å²) >= 11 is 0. The van der Waals surface area contributed by atoms with E-state index in [1.54, 1.807) is 14.2 Å². The molecule has 0 aliphatic heterocycles. The van der Waals surface area contributed by atoms with Crippen LogP contribution in [0.3, 0.4) is 0 Å². The Kier molecular flexibility index (Phi) is 5.84. The highest BCUT2D eigenvalue weighted by Gasteiger charge is 2.23. The van der Waals surface area contributed by atoms with E-state index in [1.165, 1.54) is 0 Å². The molecule has 0 radical (unpaired) electrons. The van der Waals surface area contributed by atoms with E-state index in [4.69, 9.17) is 9.47 Å². The summed E-state index contributed by atoms with van der Waals surface area (Å²) < 4.78 is 23.0. The lowest BCUT2D eigenvalue weighted by Gasteiger charge is -2.19. The Morgan fingerprint density at radius 2 is 1.46 bits per heavy atom. The van der Waals surface area contributed by atoms with Crippen LogP contribution >= 0.6 is 0 Å². The first-order valence-corrected chi connectivity index (χ1v) is 8.92. The average Bonchev–Trinajstić information content (AvgIpc) is 2.58. The number of hydrogen-bond donors (Lipinski definition) is 0. The molecule has 0 amide bonds. The van der Waals surface area contributed by atoms with Gasteiger partial charge in [0.15, 0.2) is 0 Å². The molecule has 0 N–H and O–H groups in total. The minimum atomic E-state index is -1.14. The molecule has 0 fully saturated rings. The van der Waals surface area contributed by atoms with E-state index in [0.29, 0.717) is 5.75 Å². The third-order valence-electron chi connectivity index (χ3n) is 3.55. The van der Waals surface area contributed by atoms with E-state index in [2.05, 4.69) is 0 Å². The Labute approximate surface area is 146 Å². The predicted octanol–water partition coefficient (Wildman–Crippen LogP) is 4.78. The largest absolute Gasteiger partial charge is 0.497 e. The molecule has 128 valence electrons. The van der Waals surface area contributed by atoms with Crippen LogP contribution in [0.4, 0.5) is 0 Å². The molecular formula is C20H24O3S.